The van der Waals surface area contributed by atoms with Crippen LogP contribution in [0, 0.1) is 0 Å². The first-order chi connectivity index (χ1) is 9.72. The maximum atomic E-state index is 11.6. The molecule has 0 fully saturated rings. The number of hydrogen-bond acceptors (Lipinski definition) is 4. The molecule has 0 aliphatic carbocycles. The lowest BCUT2D eigenvalue weighted by Gasteiger charge is -2.07. The van der Waals surface area contributed by atoms with Gasteiger partial charge in [0.05, 0.1) is 18.4 Å². The van der Waals surface area contributed by atoms with Crippen molar-refractivity contribution in [3.63, 3.8) is 0 Å². The van der Waals surface area contributed by atoms with E-state index in [9.17, 15) is 4.79 Å². The predicted molar refractivity (Wildman–Crippen MR) is 78.3 cm³/mol. The van der Waals surface area contributed by atoms with Crippen molar-refractivity contribution in [2.75, 3.05) is 11.9 Å². The number of benzene rings is 1. The van der Waals surface area contributed by atoms with E-state index in [4.69, 9.17) is 4.74 Å². The Balaban J connectivity index is 2.00. The van der Waals surface area contributed by atoms with Gasteiger partial charge in [-0.1, -0.05) is 12.6 Å². The summed E-state index contributed by atoms with van der Waals surface area (Å²) in [5.74, 6) is -0.310. The molecular formula is C15H17N3O2. The molecule has 0 amide bonds. The molecule has 2 aromatic rings. The first-order valence-corrected chi connectivity index (χ1v) is 6.39. The second-order valence-electron chi connectivity index (χ2n) is 4.17. The highest BCUT2D eigenvalue weighted by Crippen LogP contribution is 2.13. The van der Waals surface area contributed by atoms with Crippen LogP contribution in [0.3, 0.4) is 0 Å². The van der Waals surface area contributed by atoms with E-state index in [1.807, 2.05) is 18.3 Å². The van der Waals surface area contributed by atoms with Gasteiger partial charge in [0, 0.05) is 30.2 Å². The quantitative estimate of drug-likeness (QED) is 0.821. The van der Waals surface area contributed by atoms with E-state index in [-0.39, 0.29) is 5.97 Å². The molecule has 0 atom stereocenters. The SMILES string of the molecule is C=Cn1cc(CNc2cccc(C(=O)OCC)c2)cn1. The van der Waals surface area contributed by atoms with E-state index in [1.54, 1.807) is 36.1 Å². The van der Waals surface area contributed by atoms with Crippen LogP contribution in [0.2, 0.25) is 0 Å². The van der Waals surface area contributed by atoms with Gasteiger partial charge in [-0.3, -0.25) is 0 Å². The van der Waals surface area contributed by atoms with Crippen LogP contribution in [-0.4, -0.2) is 22.4 Å². The molecule has 5 nitrogen and oxygen atoms in total. The molecule has 0 bridgehead atoms. The largest absolute Gasteiger partial charge is 0.462 e. The van der Waals surface area contributed by atoms with Crippen molar-refractivity contribution < 1.29 is 9.53 Å². The number of hydrogen-bond donors (Lipinski definition) is 1. The number of ether oxygens (including phenoxy) is 1. The van der Waals surface area contributed by atoms with Gasteiger partial charge in [0.2, 0.25) is 0 Å². The molecule has 0 saturated carbocycles. The number of esters is 1. The number of nitrogens with zero attached hydrogens (tertiary/aromatic N) is 2. The molecule has 1 heterocycles. The number of aromatic nitrogens is 2. The zero-order valence-corrected chi connectivity index (χ0v) is 11.4. The Morgan fingerprint density at radius 2 is 2.40 bits per heavy atom. The molecule has 104 valence electrons. The number of rotatable bonds is 6. The number of carbonyl (C=O) groups excluding carboxylic acids is 1. The second-order valence-corrected chi connectivity index (χ2v) is 4.17. The Morgan fingerprint density at radius 1 is 1.55 bits per heavy atom. The maximum absolute atomic E-state index is 11.6. The van der Waals surface area contributed by atoms with Crippen LogP contribution in [0.1, 0.15) is 22.8 Å². The van der Waals surface area contributed by atoms with Gasteiger partial charge in [0.25, 0.3) is 0 Å². The van der Waals surface area contributed by atoms with Crippen LogP contribution in [0.25, 0.3) is 6.20 Å². The van der Waals surface area contributed by atoms with Crippen molar-refractivity contribution >= 4 is 17.9 Å². The smallest absolute Gasteiger partial charge is 0.338 e. The minimum atomic E-state index is -0.310. The number of nitrogens with one attached hydrogen (secondary N) is 1. The first-order valence-electron chi connectivity index (χ1n) is 6.39. The van der Waals surface area contributed by atoms with Gasteiger partial charge in [-0.05, 0) is 25.1 Å². The van der Waals surface area contributed by atoms with Crippen LogP contribution in [-0.2, 0) is 11.3 Å². The van der Waals surface area contributed by atoms with Gasteiger partial charge < -0.3 is 10.1 Å². The molecule has 1 aromatic heterocycles. The highest BCUT2D eigenvalue weighted by molar-refractivity contribution is 5.90. The van der Waals surface area contributed by atoms with E-state index in [0.29, 0.717) is 18.7 Å². The zero-order valence-electron chi connectivity index (χ0n) is 11.4. The topological polar surface area (TPSA) is 56.2 Å². The lowest BCUT2D eigenvalue weighted by Crippen LogP contribution is -2.05. The van der Waals surface area contributed by atoms with Gasteiger partial charge in [-0.15, -0.1) is 0 Å². The van der Waals surface area contributed by atoms with E-state index >= 15 is 0 Å². The van der Waals surface area contributed by atoms with Crippen LogP contribution >= 0.6 is 0 Å². The van der Waals surface area contributed by atoms with Crippen molar-refractivity contribution in [1.82, 2.24) is 9.78 Å². The van der Waals surface area contributed by atoms with E-state index in [1.165, 1.54) is 0 Å². The molecule has 0 spiro atoms. The fourth-order valence-electron chi connectivity index (χ4n) is 1.74. The Bertz CT molecular complexity index is 605. The molecule has 5 heteroatoms. The summed E-state index contributed by atoms with van der Waals surface area (Å²) in [5, 5.41) is 7.34. The van der Waals surface area contributed by atoms with Crippen LogP contribution in [0.5, 0.6) is 0 Å². The van der Waals surface area contributed by atoms with Gasteiger partial charge in [0.1, 0.15) is 0 Å². The van der Waals surface area contributed by atoms with Gasteiger partial charge in [-0.25, -0.2) is 9.48 Å². The summed E-state index contributed by atoms with van der Waals surface area (Å²) in [6.45, 7) is 6.43. The van der Waals surface area contributed by atoms with Gasteiger partial charge >= 0.3 is 5.97 Å². The molecular weight excluding hydrogens is 254 g/mol. The third-order valence-corrected chi connectivity index (χ3v) is 2.71. The summed E-state index contributed by atoms with van der Waals surface area (Å²) in [4.78, 5) is 11.6. The normalized spacial score (nSPS) is 10.1. The summed E-state index contributed by atoms with van der Waals surface area (Å²) < 4.78 is 6.62. The molecule has 20 heavy (non-hydrogen) atoms. The van der Waals surface area contributed by atoms with Crippen molar-refractivity contribution in [1.29, 1.82) is 0 Å². The van der Waals surface area contributed by atoms with Crippen molar-refractivity contribution in [2.24, 2.45) is 0 Å². The third kappa shape index (κ3) is 3.47. The lowest BCUT2D eigenvalue weighted by molar-refractivity contribution is 0.0526. The average Bonchev–Trinajstić information content (AvgIpc) is 2.94. The minimum absolute atomic E-state index is 0.310. The highest BCUT2D eigenvalue weighted by Gasteiger charge is 2.06. The average molecular weight is 271 g/mol. The number of anilines is 1. The second kappa shape index (κ2) is 6.56. The fourth-order valence-corrected chi connectivity index (χ4v) is 1.74. The standard InChI is InChI=1S/C15H17N3O2/c1-3-18-11-12(10-17-18)9-16-14-7-5-6-13(8-14)15(19)20-4-2/h3,5-8,10-11,16H,1,4,9H2,2H3. The summed E-state index contributed by atoms with van der Waals surface area (Å²) in [6.07, 6.45) is 5.28. The first kappa shape index (κ1) is 13.9. The van der Waals surface area contributed by atoms with E-state index in [0.717, 1.165) is 11.3 Å². The molecule has 1 aromatic carbocycles. The van der Waals surface area contributed by atoms with Crippen molar-refractivity contribution in [3.8, 4) is 0 Å². The molecule has 0 aliphatic rings. The Hall–Kier alpha value is -2.56. The Morgan fingerprint density at radius 3 is 3.10 bits per heavy atom. The minimum Gasteiger partial charge on any atom is -0.462 e. The van der Waals surface area contributed by atoms with Crippen LogP contribution in [0.15, 0.2) is 43.2 Å². The van der Waals surface area contributed by atoms with Crippen molar-refractivity contribution in [2.45, 2.75) is 13.5 Å². The monoisotopic (exact) mass is 271 g/mol. The predicted octanol–water partition coefficient (Wildman–Crippen LogP) is 2.77. The Kier molecular flexibility index (Phi) is 4.55. The maximum Gasteiger partial charge on any atom is 0.338 e. The highest BCUT2D eigenvalue weighted by atomic mass is 16.5. The van der Waals surface area contributed by atoms with E-state index < -0.39 is 0 Å². The summed E-state index contributed by atoms with van der Waals surface area (Å²) in [5.41, 5.74) is 2.44. The van der Waals surface area contributed by atoms with Gasteiger partial charge in [0.15, 0.2) is 0 Å². The summed E-state index contributed by atoms with van der Waals surface area (Å²) in [7, 11) is 0. The van der Waals surface area contributed by atoms with Crippen LogP contribution < -0.4 is 5.32 Å². The zero-order chi connectivity index (χ0) is 14.4. The van der Waals surface area contributed by atoms with Gasteiger partial charge in [-0.2, -0.15) is 5.10 Å². The van der Waals surface area contributed by atoms with E-state index in [2.05, 4.69) is 17.0 Å². The molecule has 0 unspecified atom stereocenters. The van der Waals surface area contributed by atoms with Crippen molar-refractivity contribution in [3.05, 3.63) is 54.4 Å². The molecule has 2 rings (SSSR count). The lowest BCUT2D eigenvalue weighted by atomic mass is 10.2. The molecule has 0 aliphatic heterocycles. The molecule has 1 N–H and O–H groups in total. The Labute approximate surface area is 117 Å². The molecule has 0 radical (unpaired) electrons. The third-order valence-electron chi connectivity index (χ3n) is 2.71. The summed E-state index contributed by atoms with van der Waals surface area (Å²) >= 11 is 0. The number of carbonyl (C=O) groups is 1. The molecule has 0 saturated heterocycles. The fraction of sp³-hybridized carbons (Fsp3) is 0.200. The summed E-state index contributed by atoms with van der Waals surface area (Å²) in [6, 6.07) is 7.23. The van der Waals surface area contributed by atoms with Crippen LogP contribution in [0.4, 0.5) is 5.69 Å².